The van der Waals surface area contributed by atoms with Gasteiger partial charge in [-0.3, -0.25) is 0 Å². The second-order valence-electron chi connectivity index (χ2n) is 10.9. The molecular formula is C36H21BN2. The molecule has 0 fully saturated rings. The third kappa shape index (κ3) is 2.31. The summed E-state index contributed by atoms with van der Waals surface area (Å²) in [6, 6.07) is 47.2. The van der Waals surface area contributed by atoms with E-state index in [0.29, 0.717) is 0 Å². The van der Waals surface area contributed by atoms with Gasteiger partial charge in [0.05, 0.1) is 16.6 Å². The average molecular weight is 492 g/mol. The molecular weight excluding hydrogens is 471 g/mol. The fraction of sp³-hybridized carbons (Fsp3) is 0. The second-order valence-corrected chi connectivity index (χ2v) is 10.9. The van der Waals surface area contributed by atoms with Crippen LogP contribution in [0.2, 0.25) is 0 Å². The highest BCUT2D eigenvalue weighted by Gasteiger charge is 2.40. The van der Waals surface area contributed by atoms with Gasteiger partial charge in [-0.1, -0.05) is 103 Å². The monoisotopic (exact) mass is 492 g/mol. The summed E-state index contributed by atoms with van der Waals surface area (Å²) in [7, 11) is 0. The first-order chi connectivity index (χ1) is 19.4. The Hall–Kier alpha value is -5.02. The molecule has 8 aromatic rings. The van der Waals surface area contributed by atoms with Crippen LogP contribution in [0.4, 0.5) is 0 Å². The molecule has 2 aliphatic heterocycles. The van der Waals surface area contributed by atoms with Gasteiger partial charge < -0.3 is 9.13 Å². The molecule has 0 radical (unpaired) electrons. The lowest BCUT2D eigenvalue weighted by atomic mass is 9.34. The van der Waals surface area contributed by atoms with Gasteiger partial charge in [-0.2, -0.15) is 0 Å². The van der Waals surface area contributed by atoms with Crippen LogP contribution in [-0.2, 0) is 0 Å². The Morgan fingerprint density at radius 2 is 1.10 bits per heavy atom. The molecule has 0 unspecified atom stereocenters. The predicted octanol–water partition coefficient (Wildman–Crippen LogP) is 6.69. The number of hydrogen-bond acceptors (Lipinski definition) is 0. The van der Waals surface area contributed by atoms with E-state index in [-0.39, 0.29) is 6.71 Å². The summed E-state index contributed by atoms with van der Waals surface area (Å²) in [4.78, 5) is 0. The van der Waals surface area contributed by atoms with Gasteiger partial charge in [0.2, 0.25) is 0 Å². The van der Waals surface area contributed by atoms with Crippen LogP contribution in [0.5, 0.6) is 0 Å². The molecule has 6 aromatic carbocycles. The number of nitrogens with zero attached hydrogens (tertiary/aromatic N) is 2. The van der Waals surface area contributed by atoms with Crippen LogP contribution in [-0.4, -0.2) is 15.8 Å². The first-order valence-electron chi connectivity index (χ1n) is 13.7. The Balaban J connectivity index is 1.43. The van der Waals surface area contributed by atoms with Crippen molar-refractivity contribution in [2.75, 3.05) is 0 Å². The van der Waals surface area contributed by atoms with Crippen LogP contribution >= 0.6 is 0 Å². The zero-order valence-electron chi connectivity index (χ0n) is 21.1. The van der Waals surface area contributed by atoms with E-state index < -0.39 is 0 Å². The van der Waals surface area contributed by atoms with Crippen LogP contribution in [0.25, 0.3) is 66.1 Å². The van der Waals surface area contributed by atoms with E-state index in [4.69, 9.17) is 0 Å². The standard InChI is InChI=1S/C36H21BN2/c1-2-9-22(10-3-1)23-17-18-25-26-12-8-14-29-35(26)39(33(25)21-23)32-20-19-27-24-11-4-6-15-30(24)38-31-16-7-5-13-28(31)37(29)34(32)36(27)38/h1-21H. The van der Waals surface area contributed by atoms with Gasteiger partial charge in [-0.05, 0) is 51.8 Å². The van der Waals surface area contributed by atoms with E-state index in [0.717, 1.165) is 0 Å². The van der Waals surface area contributed by atoms with Crippen molar-refractivity contribution in [1.29, 1.82) is 0 Å². The van der Waals surface area contributed by atoms with E-state index in [9.17, 15) is 0 Å². The van der Waals surface area contributed by atoms with Gasteiger partial charge in [0.15, 0.2) is 0 Å². The number of para-hydroxylation sites is 3. The van der Waals surface area contributed by atoms with Gasteiger partial charge in [-0.25, -0.2) is 0 Å². The predicted molar refractivity (Wildman–Crippen MR) is 165 cm³/mol. The van der Waals surface area contributed by atoms with Crippen LogP contribution in [0.15, 0.2) is 127 Å². The molecule has 0 saturated heterocycles. The van der Waals surface area contributed by atoms with E-state index in [1.54, 1.807) is 0 Å². The number of fused-ring (bicyclic) bond motifs is 11. The van der Waals surface area contributed by atoms with Crippen LogP contribution in [0, 0.1) is 0 Å². The highest BCUT2D eigenvalue weighted by molar-refractivity contribution is 7.00. The van der Waals surface area contributed by atoms with Crippen molar-refractivity contribution in [3.8, 4) is 22.5 Å². The number of aromatic nitrogens is 2. The minimum absolute atomic E-state index is 0.200. The van der Waals surface area contributed by atoms with E-state index in [1.807, 2.05) is 0 Å². The summed E-state index contributed by atoms with van der Waals surface area (Å²) in [5.74, 6) is 0. The Labute approximate surface area is 225 Å². The van der Waals surface area contributed by atoms with Crippen molar-refractivity contribution in [3.63, 3.8) is 0 Å². The molecule has 2 nitrogen and oxygen atoms in total. The maximum Gasteiger partial charge on any atom is 0.252 e. The quantitative estimate of drug-likeness (QED) is 0.226. The maximum atomic E-state index is 2.55. The van der Waals surface area contributed by atoms with E-state index >= 15 is 0 Å². The van der Waals surface area contributed by atoms with Gasteiger partial charge >= 0.3 is 0 Å². The fourth-order valence-corrected chi connectivity index (χ4v) is 7.60. The molecule has 3 heteroatoms. The number of hydrogen-bond donors (Lipinski definition) is 0. The zero-order valence-corrected chi connectivity index (χ0v) is 21.1. The first kappa shape index (κ1) is 20.0. The van der Waals surface area contributed by atoms with Crippen LogP contribution in [0.3, 0.4) is 0 Å². The smallest absolute Gasteiger partial charge is 0.252 e. The third-order valence-corrected chi connectivity index (χ3v) is 9.11. The van der Waals surface area contributed by atoms with Crippen LogP contribution in [0.1, 0.15) is 0 Å². The Morgan fingerprint density at radius 1 is 0.410 bits per heavy atom. The second kappa shape index (κ2) is 6.89. The van der Waals surface area contributed by atoms with Crippen molar-refractivity contribution in [2.24, 2.45) is 0 Å². The minimum atomic E-state index is 0.200. The molecule has 2 aromatic heterocycles. The molecule has 0 aliphatic carbocycles. The van der Waals surface area contributed by atoms with Gasteiger partial charge in [0.1, 0.15) is 0 Å². The zero-order chi connectivity index (χ0) is 25.2. The molecule has 178 valence electrons. The SMILES string of the molecule is c1ccc(-c2ccc3c4cccc5c4n(c3c2)-c2ccc3c4ccccc4n4c3c2B5c2ccccc2-4)cc1. The normalized spacial score (nSPS) is 13.1. The Bertz CT molecular complexity index is 2340. The summed E-state index contributed by atoms with van der Waals surface area (Å²) in [5, 5.41) is 5.29. The van der Waals surface area contributed by atoms with Gasteiger partial charge in [-0.15, -0.1) is 0 Å². The lowest BCUT2D eigenvalue weighted by molar-refractivity contribution is 1.16. The molecule has 39 heavy (non-hydrogen) atoms. The summed E-state index contributed by atoms with van der Waals surface area (Å²) in [5.41, 5.74) is 14.5. The Morgan fingerprint density at radius 3 is 2.05 bits per heavy atom. The molecule has 10 rings (SSSR count). The molecule has 0 amide bonds. The first-order valence-corrected chi connectivity index (χ1v) is 13.7. The highest BCUT2D eigenvalue weighted by atomic mass is 15.0. The lowest BCUT2D eigenvalue weighted by Crippen LogP contribution is -2.59. The molecule has 0 spiro atoms. The number of benzene rings is 6. The summed E-state index contributed by atoms with van der Waals surface area (Å²) < 4.78 is 5.06. The van der Waals surface area contributed by atoms with Gasteiger partial charge in [0, 0.05) is 38.4 Å². The topological polar surface area (TPSA) is 9.86 Å². The average Bonchev–Trinajstić information content (AvgIpc) is 3.52. The lowest BCUT2D eigenvalue weighted by Gasteiger charge is -2.33. The van der Waals surface area contributed by atoms with Crippen molar-refractivity contribution >= 4 is 66.7 Å². The van der Waals surface area contributed by atoms with Crippen molar-refractivity contribution in [2.45, 2.75) is 0 Å². The maximum absolute atomic E-state index is 2.55. The molecule has 0 atom stereocenters. The van der Waals surface area contributed by atoms with Crippen molar-refractivity contribution in [1.82, 2.24) is 9.13 Å². The summed E-state index contributed by atoms with van der Waals surface area (Å²) >= 11 is 0. The van der Waals surface area contributed by atoms with Crippen LogP contribution < -0.4 is 16.4 Å². The molecule has 0 saturated carbocycles. The van der Waals surface area contributed by atoms with Crippen molar-refractivity contribution < 1.29 is 0 Å². The molecule has 0 N–H and O–H groups in total. The third-order valence-electron chi connectivity index (χ3n) is 9.11. The van der Waals surface area contributed by atoms with Gasteiger partial charge in [0.25, 0.3) is 6.71 Å². The van der Waals surface area contributed by atoms with E-state index in [2.05, 4.69) is 137 Å². The van der Waals surface area contributed by atoms with E-state index in [1.165, 1.54) is 82.5 Å². The molecule has 2 aliphatic rings. The molecule has 4 heterocycles. The summed E-state index contributed by atoms with van der Waals surface area (Å²) in [6.07, 6.45) is 0. The largest absolute Gasteiger partial charge is 0.310 e. The fourth-order valence-electron chi connectivity index (χ4n) is 7.60. The number of rotatable bonds is 1. The Kier molecular flexibility index (Phi) is 3.54. The summed E-state index contributed by atoms with van der Waals surface area (Å²) in [6.45, 7) is 0.200. The molecule has 0 bridgehead atoms. The minimum Gasteiger partial charge on any atom is -0.310 e. The van der Waals surface area contributed by atoms with Crippen molar-refractivity contribution in [3.05, 3.63) is 127 Å². The highest BCUT2D eigenvalue weighted by Crippen LogP contribution is 2.40.